The van der Waals surface area contributed by atoms with Gasteiger partial charge < -0.3 is 10.4 Å². The maximum absolute atomic E-state index is 14.5. The Bertz CT molecular complexity index is 1100. The highest BCUT2D eigenvalue weighted by Gasteiger charge is 2.47. The predicted molar refractivity (Wildman–Crippen MR) is 104 cm³/mol. The largest absolute Gasteiger partial charge is 0.481 e. The molecule has 3 heterocycles. The van der Waals surface area contributed by atoms with E-state index in [-0.39, 0.29) is 29.5 Å². The molecule has 0 aromatic carbocycles. The number of carboxylic acid groups (broad SMARTS) is 1. The Kier molecular flexibility index (Phi) is 4.34. The number of rotatable bonds is 4. The van der Waals surface area contributed by atoms with Gasteiger partial charge in [0.05, 0.1) is 22.5 Å². The topological polar surface area (TPSA) is 117 Å². The standard InChI is InChI=1S/C19H18ClFN6O2/c20-10-5-11-15(26-27-16(11)22-6-10)18-23-7-12(21)17(25-18)24-14-9-3-1-8(2-4-9)13(14)19(28)29/h5-9,13-14H,1-4H2,(H,28,29)(H,22,26,27)(H,23,24,25)/t8-,9-,13-,14-/m0/s1. The van der Waals surface area contributed by atoms with Gasteiger partial charge in [0.1, 0.15) is 5.69 Å². The Hall–Kier alpha value is -2.81. The minimum absolute atomic E-state index is 0.00932. The second kappa shape index (κ2) is 6.91. The highest BCUT2D eigenvalue weighted by Crippen LogP contribution is 2.46. The molecule has 2 atom stereocenters. The molecule has 3 aromatic rings. The zero-order chi connectivity index (χ0) is 20.1. The molecule has 3 fully saturated rings. The second-order valence-electron chi connectivity index (χ2n) is 7.72. The lowest BCUT2D eigenvalue weighted by Gasteiger charge is -2.47. The number of hydrogen-bond donors (Lipinski definition) is 3. The minimum atomic E-state index is -0.842. The van der Waals surface area contributed by atoms with E-state index in [2.05, 4.69) is 30.5 Å². The van der Waals surface area contributed by atoms with Crippen molar-refractivity contribution in [2.24, 2.45) is 17.8 Å². The summed E-state index contributed by atoms with van der Waals surface area (Å²) in [4.78, 5) is 24.4. The number of fused-ring (bicyclic) bond motifs is 4. The molecule has 150 valence electrons. The maximum atomic E-state index is 14.5. The van der Waals surface area contributed by atoms with Crippen molar-refractivity contribution in [1.82, 2.24) is 25.1 Å². The number of halogens is 2. The van der Waals surface area contributed by atoms with Crippen molar-refractivity contribution in [2.45, 2.75) is 31.7 Å². The van der Waals surface area contributed by atoms with Gasteiger partial charge in [-0.3, -0.25) is 9.89 Å². The molecule has 3 saturated carbocycles. The van der Waals surface area contributed by atoms with Crippen molar-refractivity contribution in [3.8, 4) is 11.5 Å². The quantitative estimate of drug-likeness (QED) is 0.595. The fourth-order valence-corrected chi connectivity index (χ4v) is 4.96. The van der Waals surface area contributed by atoms with E-state index >= 15 is 0 Å². The van der Waals surface area contributed by atoms with Crippen LogP contribution in [0.3, 0.4) is 0 Å². The van der Waals surface area contributed by atoms with Gasteiger partial charge in [0, 0.05) is 12.2 Å². The lowest BCUT2D eigenvalue weighted by atomic mass is 9.61. The Balaban J connectivity index is 1.51. The van der Waals surface area contributed by atoms with Gasteiger partial charge in [-0.2, -0.15) is 5.10 Å². The first-order valence-electron chi connectivity index (χ1n) is 9.53. The molecular weight excluding hydrogens is 399 g/mol. The number of aliphatic carboxylic acids is 1. The third-order valence-electron chi connectivity index (χ3n) is 6.15. The fraction of sp³-hybridized carbons (Fsp3) is 0.421. The number of nitrogens with one attached hydrogen (secondary N) is 2. The molecule has 29 heavy (non-hydrogen) atoms. The van der Waals surface area contributed by atoms with E-state index in [0.29, 0.717) is 21.7 Å². The summed E-state index contributed by atoms with van der Waals surface area (Å²) >= 11 is 6.03. The van der Waals surface area contributed by atoms with E-state index in [1.165, 1.54) is 6.20 Å². The summed E-state index contributed by atoms with van der Waals surface area (Å²) in [5.41, 5.74) is 0.917. The number of anilines is 1. The molecular formula is C19H18ClFN6O2. The van der Waals surface area contributed by atoms with Gasteiger partial charge in [-0.05, 0) is 43.6 Å². The van der Waals surface area contributed by atoms with Crippen LogP contribution in [0.15, 0.2) is 18.5 Å². The smallest absolute Gasteiger partial charge is 0.308 e. The Labute approximate surface area is 169 Å². The average molecular weight is 417 g/mol. The van der Waals surface area contributed by atoms with Crippen molar-refractivity contribution >= 4 is 34.4 Å². The minimum Gasteiger partial charge on any atom is -0.481 e. The van der Waals surface area contributed by atoms with Crippen LogP contribution in [-0.2, 0) is 4.79 Å². The van der Waals surface area contributed by atoms with Crippen molar-refractivity contribution in [3.05, 3.63) is 29.3 Å². The molecule has 0 spiro atoms. The number of carboxylic acids is 1. The summed E-state index contributed by atoms with van der Waals surface area (Å²) in [5, 5.41) is 20.8. The molecule has 0 aliphatic heterocycles. The molecule has 0 radical (unpaired) electrons. The molecule has 3 aromatic heterocycles. The van der Waals surface area contributed by atoms with E-state index in [9.17, 15) is 14.3 Å². The first-order valence-corrected chi connectivity index (χ1v) is 9.91. The average Bonchev–Trinajstić information content (AvgIpc) is 3.13. The zero-order valence-corrected chi connectivity index (χ0v) is 16.0. The van der Waals surface area contributed by atoms with E-state index in [1.807, 2.05) is 0 Å². The monoisotopic (exact) mass is 416 g/mol. The van der Waals surface area contributed by atoms with Crippen LogP contribution in [0.25, 0.3) is 22.6 Å². The number of aromatic amines is 1. The highest BCUT2D eigenvalue weighted by atomic mass is 35.5. The van der Waals surface area contributed by atoms with E-state index in [1.54, 1.807) is 6.07 Å². The molecule has 6 rings (SSSR count). The molecule has 0 unspecified atom stereocenters. The van der Waals surface area contributed by atoms with Crippen LogP contribution in [0.4, 0.5) is 10.2 Å². The van der Waals surface area contributed by atoms with Crippen LogP contribution in [0.1, 0.15) is 25.7 Å². The van der Waals surface area contributed by atoms with Gasteiger partial charge in [0.2, 0.25) is 0 Å². The number of nitrogens with zero attached hydrogens (tertiary/aromatic N) is 4. The maximum Gasteiger partial charge on any atom is 0.308 e. The van der Waals surface area contributed by atoms with E-state index < -0.39 is 17.7 Å². The Morgan fingerprint density at radius 3 is 2.72 bits per heavy atom. The summed E-state index contributed by atoms with van der Waals surface area (Å²) in [5.74, 6) is -1.52. The lowest BCUT2D eigenvalue weighted by Crippen LogP contribution is -2.51. The molecule has 0 amide bonds. The van der Waals surface area contributed by atoms with Crippen LogP contribution in [0, 0.1) is 23.6 Å². The third kappa shape index (κ3) is 3.09. The molecule has 0 saturated heterocycles. The van der Waals surface area contributed by atoms with Gasteiger partial charge in [-0.15, -0.1) is 0 Å². The van der Waals surface area contributed by atoms with Crippen molar-refractivity contribution in [2.75, 3.05) is 5.32 Å². The number of carbonyl (C=O) groups is 1. The van der Waals surface area contributed by atoms with Crippen LogP contribution < -0.4 is 5.32 Å². The molecule has 8 nitrogen and oxygen atoms in total. The summed E-state index contributed by atoms with van der Waals surface area (Å²) in [7, 11) is 0. The molecule has 3 N–H and O–H groups in total. The van der Waals surface area contributed by atoms with E-state index in [4.69, 9.17) is 11.6 Å². The Morgan fingerprint density at radius 2 is 1.97 bits per heavy atom. The van der Waals surface area contributed by atoms with Crippen molar-refractivity contribution in [1.29, 1.82) is 0 Å². The van der Waals surface area contributed by atoms with Gasteiger partial charge >= 0.3 is 5.97 Å². The Morgan fingerprint density at radius 1 is 1.21 bits per heavy atom. The van der Waals surface area contributed by atoms with Gasteiger partial charge in [0.25, 0.3) is 0 Å². The highest BCUT2D eigenvalue weighted by molar-refractivity contribution is 6.31. The third-order valence-corrected chi connectivity index (χ3v) is 6.35. The molecule has 3 aliphatic carbocycles. The van der Waals surface area contributed by atoms with Crippen LogP contribution >= 0.6 is 11.6 Å². The van der Waals surface area contributed by atoms with Gasteiger partial charge in [0.15, 0.2) is 23.1 Å². The van der Waals surface area contributed by atoms with E-state index in [0.717, 1.165) is 31.9 Å². The summed E-state index contributed by atoms with van der Waals surface area (Å²) in [6.07, 6.45) is 6.27. The summed E-state index contributed by atoms with van der Waals surface area (Å²) in [6.45, 7) is 0. The summed E-state index contributed by atoms with van der Waals surface area (Å²) in [6, 6.07) is 1.33. The molecule has 3 aliphatic rings. The zero-order valence-electron chi connectivity index (χ0n) is 15.3. The van der Waals surface area contributed by atoms with Crippen molar-refractivity contribution < 1.29 is 14.3 Å². The fourth-order valence-electron chi connectivity index (χ4n) is 4.80. The van der Waals surface area contributed by atoms with Crippen LogP contribution in [0.5, 0.6) is 0 Å². The van der Waals surface area contributed by atoms with Crippen LogP contribution in [-0.4, -0.2) is 42.3 Å². The SMILES string of the molecule is O=C(O)[C@H]1[C@H]2CC[C@@H](CC2)[C@@H]1Nc1nc(-c2n[nH]c3ncc(Cl)cc23)ncc1F. The number of pyridine rings is 1. The number of aromatic nitrogens is 5. The summed E-state index contributed by atoms with van der Waals surface area (Å²) < 4.78 is 14.5. The number of H-pyrrole nitrogens is 1. The normalized spacial score (nSPS) is 26.0. The molecule has 2 bridgehead atoms. The first kappa shape index (κ1) is 18.2. The van der Waals surface area contributed by atoms with Crippen LogP contribution in [0.2, 0.25) is 5.02 Å². The predicted octanol–water partition coefficient (Wildman–Crippen LogP) is 3.51. The van der Waals surface area contributed by atoms with Gasteiger partial charge in [-0.1, -0.05) is 11.6 Å². The number of hydrogen-bond acceptors (Lipinski definition) is 6. The molecule has 10 heteroatoms. The second-order valence-corrected chi connectivity index (χ2v) is 8.16. The van der Waals surface area contributed by atoms with Crippen molar-refractivity contribution in [3.63, 3.8) is 0 Å². The lowest BCUT2D eigenvalue weighted by molar-refractivity contribution is -0.148. The van der Waals surface area contributed by atoms with Gasteiger partial charge in [-0.25, -0.2) is 19.3 Å². The first-order chi connectivity index (χ1) is 14.0.